The van der Waals surface area contributed by atoms with Gasteiger partial charge in [0.15, 0.2) is 0 Å². The molecule has 0 amide bonds. The molecule has 0 aromatic heterocycles. The highest BCUT2D eigenvalue weighted by molar-refractivity contribution is 6.83. The monoisotopic (exact) mass is 338 g/mol. The minimum atomic E-state index is -3.17. The van der Waals surface area contributed by atoms with Crippen LogP contribution in [0.5, 0.6) is 0 Å². The van der Waals surface area contributed by atoms with Gasteiger partial charge in [-0.05, 0) is 6.42 Å². The molecule has 2 rings (SSSR count). The van der Waals surface area contributed by atoms with E-state index in [1.165, 1.54) is 13.8 Å². The Hall–Kier alpha value is -1.70. The summed E-state index contributed by atoms with van der Waals surface area (Å²) in [7, 11) is -3.17. The Labute approximate surface area is 136 Å². The third-order valence-corrected chi connectivity index (χ3v) is 6.79. The average Bonchev–Trinajstić information content (AvgIpc) is 3.30. The van der Waals surface area contributed by atoms with Gasteiger partial charge in [-0.25, -0.2) is 0 Å². The molecule has 7 heteroatoms. The van der Waals surface area contributed by atoms with Crippen molar-refractivity contribution in [3.8, 4) is 0 Å². The molecule has 0 spiro atoms. The second-order valence-electron chi connectivity index (χ2n) is 5.44. The molecular formula is C16H22O6Si. The van der Waals surface area contributed by atoms with Crippen LogP contribution in [0.25, 0.3) is 0 Å². The van der Waals surface area contributed by atoms with E-state index in [9.17, 15) is 9.59 Å². The van der Waals surface area contributed by atoms with Crippen LogP contribution in [0.15, 0.2) is 30.3 Å². The zero-order valence-corrected chi connectivity index (χ0v) is 14.4. The van der Waals surface area contributed by atoms with E-state index in [1.807, 2.05) is 30.3 Å². The Morgan fingerprint density at radius 2 is 1.78 bits per heavy atom. The van der Waals surface area contributed by atoms with Crippen molar-refractivity contribution in [1.29, 1.82) is 0 Å². The van der Waals surface area contributed by atoms with E-state index in [0.29, 0.717) is 25.7 Å². The number of rotatable bonds is 9. The van der Waals surface area contributed by atoms with Crippen molar-refractivity contribution in [2.24, 2.45) is 0 Å². The molecule has 6 nitrogen and oxygen atoms in total. The van der Waals surface area contributed by atoms with Crippen molar-refractivity contribution in [2.75, 3.05) is 19.8 Å². The molecule has 0 aliphatic carbocycles. The van der Waals surface area contributed by atoms with Crippen molar-refractivity contribution < 1.29 is 27.9 Å². The van der Waals surface area contributed by atoms with E-state index >= 15 is 0 Å². The Morgan fingerprint density at radius 1 is 1.17 bits per heavy atom. The maximum Gasteiger partial charge on any atom is 0.499 e. The van der Waals surface area contributed by atoms with Gasteiger partial charge >= 0.3 is 8.56 Å². The summed E-state index contributed by atoms with van der Waals surface area (Å²) in [6, 6.07) is 9.66. The quantitative estimate of drug-likeness (QED) is 0.383. The number of hydrogen-bond acceptors (Lipinski definition) is 6. The zero-order valence-electron chi connectivity index (χ0n) is 13.4. The first kappa shape index (κ1) is 17.6. The van der Waals surface area contributed by atoms with Gasteiger partial charge in [0.25, 0.3) is 11.9 Å². The van der Waals surface area contributed by atoms with Crippen LogP contribution in [0.1, 0.15) is 20.3 Å². The Balaban J connectivity index is 2.06. The van der Waals surface area contributed by atoms with Crippen molar-refractivity contribution in [2.45, 2.75) is 32.4 Å². The molecule has 0 N–H and O–H groups in total. The molecule has 1 fully saturated rings. The summed E-state index contributed by atoms with van der Waals surface area (Å²) in [5.41, 5.74) is 0. The molecule has 1 heterocycles. The van der Waals surface area contributed by atoms with E-state index in [2.05, 4.69) is 0 Å². The average molecular weight is 338 g/mol. The molecule has 0 radical (unpaired) electrons. The minimum absolute atomic E-state index is 0.216. The van der Waals surface area contributed by atoms with Crippen molar-refractivity contribution >= 4 is 25.7 Å². The van der Waals surface area contributed by atoms with Gasteiger partial charge in [0.2, 0.25) is 0 Å². The van der Waals surface area contributed by atoms with Crippen LogP contribution >= 0.6 is 0 Å². The second kappa shape index (κ2) is 8.23. The third-order valence-electron chi connectivity index (χ3n) is 3.33. The van der Waals surface area contributed by atoms with E-state index in [1.54, 1.807) is 0 Å². The number of ether oxygens (including phenoxy) is 2. The summed E-state index contributed by atoms with van der Waals surface area (Å²) in [4.78, 5) is 23.1. The van der Waals surface area contributed by atoms with E-state index in [-0.39, 0.29) is 6.10 Å². The molecule has 1 saturated heterocycles. The van der Waals surface area contributed by atoms with E-state index < -0.39 is 20.5 Å². The Bertz CT molecular complexity index is 513. The molecular weight excluding hydrogens is 316 g/mol. The van der Waals surface area contributed by atoms with Gasteiger partial charge in [-0.15, -0.1) is 0 Å². The zero-order chi connectivity index (χ0) is 16.7. The van der Waals surface area contributed by atoms with Crippen LogP contribution in [0, 0.1) is 0 Å². The first-order chi connectivity index (χ1) is 11.0. The molecule has 1 aromatic carbocycles. The maximum absolute atomic E-state index is 11.6. The van der Waals surface area contributed by atoms with E-state index in [4.69, 9.17) is 18.3 Å². The first-order valence-corrected chi connectivity index (χ1v) is 9.68. The minimum Gasteiger partial charge on any atom is -0.482 e. The second-order valence-corrected chi connectivity index (χ2v) is 8.43. The molecule has 0 saturated carbocycles. The molecule has 126 valence electrons. The summed E-state index contributed by atoms with van der Waals surface area (Å²) in [5, 5.41) is 0.760. The van der Waals surface area contributed by atoms with Gasteiger partial charge in [-0.1, -0.05) is 30.3 Å². The van der Waals surface area contributed by atoms with E-state index in [0.717, 1.165) is 11.8 Å². The smallest absolute Gasteiger partial charge is 0.482 e. The van der Waals surface area contributed by atoms with Gasteiger partial charge < -0.3 is 18.3 Å². The highest BCUT2D eigenvalue weighted by atomic mass is 28.4. The molecule has 1 aliphatic rings. The fourth-order valence-corrected chi connectivity index (χ4v) is 5.34. The number of carbonyl (C=O) groups excluding carboxylic acids is 2. The lowest BCUT2D eigenvalue weighted by Crippen LogP contribution is -2.55. The molecule has 1 aliphatic heterocycles. The molecule has 1 aromatic rings. The van der Waals surface area contributed by atoms with Gasteiger partial charge in [0.1, 0.15) is 6.10 Å². The van der Waals surface area contributed by atoms with Crippen molar-refractivity contribution in [1.82, 2.24) is 0 Å². The first-order valence-electron chi connectivity index (χ1n) is 7.66. The normalized spacial score (nSPS) is 16.7. The fraction of sp³-hybridized carbons (Fsp3) is 0.500. The van der Waals surface area contributed by atoms with Crippen LogP contribution in [-0.2, 0) is 27.9 Å². The van der Waals surface area contributed by atoms with Crippen molar-refractivity contribution in [3.63, 3.8) is 0 Å². The third kappa shape index (κ3) is 5.78. The topological polar surface area (TPSA) is 74.4 Å². The van der Waals surface area contributed by atoms with Crippen LogP contribution in [-0.4, -0.2) is 46.4 Å². The molecule has 23 heavy (non-hydrogen) atoms. The highest BCUT2D eigenvalue weighted by Gasteiger charge is 2.46. The summed E-state index contributed by atoms with van der Waals surface area (Å²) in [6.07, 6.45) is 0.849. The predicted octanol–water partition coefficient (Wildman–Crippen LogP) is 1.27. The number of carbonyl (C=O) groups is 2. The van der Waals surface area contributed by atoms with Gasteiger partial charge in [0.05, 0.1) is 13.2 Å². The number of benzene rings is 1. The Kier molecular flexibility index (Phi) is 6.32. The summed E-state index contributed by atoms with van der Waals surface area (Å²) in [5.74, 6) is -0.900. The van der Waals surface area contributed by atoms with Crippen LogP contribution < -0.4 is 5.19 Å². The summed E-state index contributed by atoms with van der Waals surface area (Å²) in [6.45, 7) is 4.48. The number of epoxide rings is 1. The number of hydrogen-bond donors (Lipinski definition) is 0. The van der Waals surface area contributed by atoms with Gasteiger partial charge in [-0.2, -0.15) is 0 Å². The maximum atomic E-state index is 11.6. The lowest BCUT2D eigenvalue weighted by atomic mass is 10.4. The van der Waals surface area contributed by atoms with Gasteiger partial charge in [-0.3, -0.25) is 9.59 Å². The van der Waals surface area contributed by atoms with Crippen LogP contribution in [0.4, 0.5) is 0 Å². The molecule has 1 atom stereocenters. The standard InChI is InChI=1S/C16H22O6Si/c1-13(17)21-23(22-14(2)18,16-7-4-3-5-8-16)10-6-9-19-11-15-12-20-15/h3-5,7-8,15H,6,9-12H2,1-2H3. The van der Waals surface area contributed by atoms with Crippen LogP contribution in [0.2, 0.25) is 6.04 Å². The largest absolute Gasteiger partial charge is 0.499 e. The van der Waals surface area contributed by atoms with Crippen LogP contribution in [0.3, 0.4) is 0 Å². The Morgan fingerprint density at radius 3 is 2.30 bits per heavy atom. The van der Waals surface area contributed by atoms with Gasteiger partial charge in [0, 0.05) is 31.7 Å². The SMILES string of the molecule is CC(=O)O[Si](CCCOCC1CO1)(OC(C)=O)c1ccccc1. The van der Waals surface area contributed by atoms with Crippen molar-refractivity contribution in [3.05, 3.63) is 30.3 Å². The fourth-order valence-electron chi connectivity index (χ4n) is 2.33. The summed E-state index contributed by atoms with van der Waals surface area (Å²) < 4.78 is 21.7. The highest BCUT2D eigenvalue weighted by Crippen LogP contribution is 2.18. The summed E-state index contributed by atoms with van der Waals surface area (Å²) >= 11 is 0. The molecule has 1 unspecified atom stereocenters. The molecule has 0 bridgehead atoms. The lowest BCUT2D eigenvalue weighted by molar-refractivity contribution is -0.138. The lowest BCUT2D eigenvalue weighted by Gasteiger charge is -2.29. The predicted molar refractivity (Wildman–Crippen MR) is 85.3 cm³/mol.